The smallest absolute Gasteiger partial charge is 0.242 e. The van der Waals surface area contributed by atoms with Crippen LogP contribution in [0.2, 0.25) is 0 Å². The number of carbonyl (C=O) groups is 2. The van der Waals surface area contributed by atoms with Gasteiger partial charge in [-0.05, 0) is 17.7 Å². The fourth-order valence-corrected chi connectivity index (χ4v) is 2.64. The van der Waals surface area contributed by atoms with Crippen molar-refractivity contribution in [3.8, 4) is 0 Å². The SMILES string of the molecule is NC(=O)Cc1ccc(NC(=O)C2CSCN2)cc1. The summed E-state index contributed by atoms with van der Waals surface area (Å²) in [5.74, 6) is 1.22. The van der Waals surface area contributed by atoms with E-state index in [9.17, 15) is 9.59 Å². The topological polar surface area (TPSA) is 84.2 Å². The van der Waals surface area contributed by atoms with Crippen LogP contribution in [0.4, 0.5) is 5.69 Å². The van der Waals surface area contributed by atoms with Crippen molar-refractivity contribution in [2.24, 2.45) is 5.73 Å². The summed E-state index contributed by atoms with van der Waals surface area (Å²) >= 11 is 1.71. The zero-order valence-electron chi connectivity index (χ0n) is 9.81. The van der Waals surface area contributed by atoms with Crippen LogP contribution in [0.15, 0.2) is 24.3 Å². The highest BCUT2D eigenvalue weighted by atomic mass is 32.2. The van der Waals surface area contributed by atoms with Crippen LogP contribution in [0.3, 0.4) is 0 Å². The van der Waals surface area contributed by atoms with Crippen molar-refractivity contribution in [3.05, 3.63) is 29.8 Å². The van der Waals surface area contributed by atoms with Gasteiger partial charge in [0.2, 0.25) is 11.8 Å². The normalized spacial score (nSPS) is 18.6. The third-order valence-corrected chi connectivity index (χ3v) is 3.57. The zero-order chi connectivity index (χ0) is 13.0. The number of benzene rings is 1. The maximum Gasteiger partial charge on any atom is 0.242 e. The van der Waals surface area contributed by atoms with Crippen LogP contribution in [0, 0.1) is 0 Å². The van der Waals surface area contributed by atoms with Crippen molar-refractivity contribution < 1.29 is 9.59 Å². The van der Waals surface area contributed by atoms with Crippen LogP contribution in [0.5, 0.6) is 0 Å². The Morgan fingerprint density at radius 2 is 2.11 bits per heavy atom. The molecule has 2 rings (SSSR count). The minimum absolute atomic E-state index is 0.0253. The van der Waals surface area contributed by atoms with E-state index in [1.807, 2.05) is 0 Å². The van der Waals surface area contributed by atoms with Crippen molar-refractivity contribution in [2.75, 3.05) is 16.9 Å². The van der Waals surface area contributed by atoms with E-state index in [4.69, 9.17) is 5.73 Å². The Labute approximate surface area is 110 Å². The van der Waals surface area contributed by atoms with Gasteiger partial charge in [-0.15, -0.1) is 11.8 Å². The van der Waals surface area contributed by atoms with Crippen LogP contribution >= 0.6 is 11.8 Å². The van der Waals surface area contributed by atoms with Crippen LogP contribution in [0.1, 0.15) is 5.56 Å². The minimum atomic E-state index is -0.362. The molecule has 1 aliphatic heterocycles. The van der Waals surface area contributed by atoms with E-state index >= 15 is 0 Å². The van der Waals surface area contributed by atoms with Gasteiger partial charge in [-0.3, -0.25) is 14.9 Å². The molecule has 0 aromatic heterocycles. The largest absolute Gasteiger partial charge is 0.369 e. The predicted octanol–water partition coefficient (Wildman–Crippen LogP) is 0.315. The van der Waals surface area contributed by atoms with Crippen LogP contribution < -0.4 is 16.4 Å². The molecule has 1 aromatic rings. The molecule has 4 N–H and O–H groups in total. The first kappa shape index (κ1) is 12.9. The maximum atomic E-state index is 11.8. The highest BCUT2D eigenvalue weighted by Crippen LogP contribution is 2.14. The molecule has 5 nitrogen and oxygen atoms in total. The summed E-state index contributed by atoms with van der Waals surface area (Å²) in [4.78, 5) is 22.6. The molecule has 1 aromatic carbocycles. The lowest BCUT2D eigenvalue weighted by Gasteiger charge is -2.10. The summed E-state index contributed by atoms with van der Waals surface area (Å²) in [5, 5.41) is 5.94. The molecule has 1 atom stereocenters. The van der Waals surface area contributed by atoms with E-state index in [-0.39, 0.29) is 24.3 Å². The Morgan fingerprint density at radius 1 is 1.39 bits per heavy atom. The molecule has 18 heavy (non-hydrogen) atoms. The van der Waals surface area contributed by atoms with Gasteiger partial charge in [-0.1, -0.05) is 12.1 Å². The zero-order valence-corrected chi connectivity index (χ0v) is 10.6. The molecule has 0 radical (unpaired) electrons. The highest BCUT2D eigenvalue weighted by Gasteiger charge is 2.22. The third-order valence-electron chi connectivity index (χ3n) is 2.63. The lowest BCUT2D eigenvalue weighted by atomic mass is 10.1. The molecule has 0 saturated carbocycles. The van der Waals surface area contributed by atoms with Gasteiger partial charge in [0.05, 0.1) is 12.5 Å². The molecule has 1 aliphatic rings. The Bertz CT molecular complexity index is 441. The number of carbonyl (C=O) groups excluding carboxylic acids is 2. The van der Waals surface area contributed by atoms with E-state index in [0.29, 0.717) is 0 Å². The second kappa shape index (κ2) is 5.88. The quantitative estimate of drug-likeness (QED) is 0.732. The molecule has 1 fully saturated rings. The van der Waals surface area contributed by atoms with Gasteiger partial charge in [0, 0.05) is 17.3 Å². The molecule has 1 saturated heterocycles. The molecule has 0 spiro atoms. The van der Waals surface area contributed by atoms with E-state index in [1.54, 1.807) is 36.0 Å². The number of rotatable bonds is 4. The summed E-state index contributed by atoms with van der Waals surface area (Å²) in [7, 11) is 0. The first-order valence-electron chi connectivity index (χ1n) is 5.64. The molecule has 0 aliphatic carbocycles. The molecule has 96 valence electrons. The molecule has 6 heteroatoms. The Morgan fingerprint density at radius 3 is 2.67 bits per heavy atom. The fourth-order valence-electron chi connectivity index (χ4n) is 1.70. The third kappa shape index (κ3) is 3.48. The van der Waals surface area contributed by atoms with Crippen molar-refractivity contribution in [2.45, 2.75) is 12.5 Å². The van der Waals surface area contributed by atoms with Gasteiger partial charge in [0.15, 0.2) is 0 Å². The van der Waals surface area contributed by atoms with Crippen LogP contribution in [-0.4, -0.2) is 29.5 Å². The molecule has 1 unspecified atom stereocenters. The van der Waals surface area contributed by atoms with Crippen LogP contribution in [-0.2, 0) is 16.0 Å². The number of nitrogens with one attached hydrogen (secondary N) is 2. The summed E-state index contributed by atoms with van der Waals surface area (Å²) in [5.41, 5.74) is 6.68. The summed E-state index contributed by atoms with van der Waals surface area (Å²) in [6.07, 6.45) is 0.217. The Hall–Kier alpha value is -1.53. The van der Waals surface area contributed by atoms with E-state index in [2.05, 4.69) is 10.6 Å². The number of hydrogen-bond donors (Lipinski definition) is 3. The van der Waals surface area contributed by atoms with Crippen molar-refractivity contribution in [1.29, 1.82) is 0 Å². The van der Waals surface area contributed by atoms with Gasteiger partial charge >= 0.3 is 0 Å². The minimum Gasteiger partial charge on any atom is -0.369 e. The van der Waals surface area contributed by atoms with Crippen molar-refractivity contribution in [1.82, 2.24) is 5.32 Å². The van der Waals surface area contributed by atoms with E-state index in [0.717, 1.165) is 22.9 Å². The number of thioether (sulfide) groups is 1. The number of nitrogens with two attached hydrogens (primary N) is 1. The predicted molar refractivity (Wildman–Crippen MR) is 72.2 cm³/mol. The average Bonchev–Trinajstić information content (AvgIpc) is 2.84. The van der Waals surface area contributed by atoms with Crippen molar-refractivity contribution in [3.63, 3.8) is 0 Å². The first-order chi connectivity index (χ1) is 8.65. The standard InChI is InChI=1S/C12H15N3O2S/c13-11(16)5-8-1-3-9(4-2-8)15-12(17)10-6-18-7-14-10/h1-4,10,14H,5-7H2,(H2,13,16)(H,15,17). The summed E-state index contributed by atoms with van der Waals surface area (Å²) < 4.78 is 0. The number of primary amides is 1. The Kier molecular flexibility index (Phi) is 4.22. The lowest BCUT2D eigenvalue weighted by molar-refractivity contribution is -0.118. The van der Waals surface area contributed by atoms with Gasteiger partial charge in [0.1, 0.15) is 0 Å². The molecule has 1 heterocycles. The molecular formula is C12H15N3O2S. The van der Waals surface area contributed by atoms with Gasteiger partial charge in [-0.25, -0.2) is 0 Å². The molecular weight excluding hydrogens is 250 g/mol. The maximum absolute atomic E-state index is 11.8. The number of anilines is 1. The Balaban J connectivity index is 1.93. The lowest BCUT2D eigenvalue weighted by Crippen LogP contribution is -2.37. The number of amides is 2. The van der Waals surface area contributed by atoms with Crippen LogP contribution in [0.25, 0.3) is 0 Å². The fraction of sp³-hybridized carbons (Fsp3) is 0.333. The summed E-state index contributed by atoms with van der Waals surface area (Å²) in [6, 6.07) is 7.01. The van der Waals surface area contributed by atoms with E-state index in [1.165, 1.54) is 0 Å². The number of hydrogen-bond acceptors (Lipinski definition) is 4. The first-order valence-corrected chi connectivity index (χ1v) is 6.80. The van der Waals surface area contributed by atoms with E-state index < -0.39 is 0 Å². The average molecular weight is 265 g/mol. The van der Waals surface area contributed by atoms with Gasteiger partial charge in [-0.2, -0.15) is 0 Å². The van der Waals surface area contributed by atoms with Gasteiger partial charge < -0.3 is 11.1 Å². The molecule has 0 bridgehead atoms. The summed E-state index contributed by atoms with van der Waals surface area (Å²) in [6.45, 7) is 0. The second-order valence-corrected chi connectivity index (χ2v) is 5.13. The van der Waals surface area contributed by atoms with Gasteiger partial charge in [0.25, 0.3) is 0 Å². The van der Waals surface area contributed by atoms with Crippen molar-refractivity contribution >= 4 is 29.3 Å². The highest BCUT2D eigenvalue weighted by molar-refractivity contribution is 7.99. The second-order valence-electron chi connectivity index (χ2n) is 4.10. The monoisotopic (exact) mass is 265 g/mol. The molecule has 2 amide bonds.